The van der Waals surface area contributed by atoms with Crippen molar-refractivity contribution in [2.75, 3.05) is 6.61 Å². The summed E-state index contributed by atoms with van der Waals surface area (Å²) in [5.74, 6) is 0. The first-order valence-corrected chi connectivity index (χ1v) is 3.37. The van der Waals surface area contributed by atoms with Crippen molar-refractivity contribution in [1.82, 2.24) is 0 Å². The molecule has 60 valence electrons. The van der Waals surface area contributed by atoms with Crippen molar-refractivity contribution in [3.63, 3.8) is 0 Å². The van der Waals surface area contributed by atoms with E-state index in [2.05, 4.69) is 4.74 Å². The molecule has 0 aliphatic carbocycles. The second-order valence-corrected chi connectivity index (χ2v) is 2.43. The van der Waals surface area contributed by atoms with Gasteiger partial charge in [-0.25, -0.2) is 0 Å². The molecule has 0 radical (unpaired) electrons. The first kappa shape index (κ1) is 9.43. The number of carbonyl (C=O) groups is 1. The summed E-state index contributed by atoms with van der Waals surface area (Å²) in [5.41, 5.74) is 0. The molecule has 0 fully saturated rings. The second kappa shape index (κ2) is 5.23. The molecular weight excluding hydrogens is 132 g/mol. The van der Waals surface area contributed by atoms with Crippen LogP contribution in [0, 0.1) is 0 Å². The molecule has 0 saturated heterocycles. The molecule has 1 unspecified atom stereocenters. The maximum Gasteiger partial charge on any atom is 0.293 e. The monoisotopic (exact) mass is 146 g/mol. The van der Waals surface area contributed by atoms with E-state index in [1.807, 2.05) is 20.8 Å². The summed E-state index contributed by atoms with van der Waals surface area (Å²) in [6.07, 6.45) is 0.176. The van der Waals surface area contributed by atoms with Crippen LogP contribution in [0.2, 0.25) is 0 Å². The van der Waals surface area contributed by atoms with Crippen molar-refractivity contribution in [1.29, 1.82) is 0 Å². The minimum atomic E-state index is -0.00907. The third kappa shape index (κ3) is 5.56. The number of carbonyl (C=O) groups excluding carboxylic acids is 1. The fraction of sp³-hybridized carbons (Fsp3) is 0.857. The Kier molecular flexibility index (Phi) is 4.94. The van der Waals surface area contributed by atoms with Crippen LogP contribution in [0.4, 0.5) is 0 Å². The molecule has 0 spiro atoms. The third-order valence-electron chi connectivity index (χ3n) is 0.903. The van der Waals surface area contributed by atoms with Crippen LogP contribution in [-0.2, 0) is 14.3 Å². The molecule has 0 aromatic heterocycles. The standard InChI is InChI=1S/C7H14O3/c1-6(2)10-7(3)4-9-5-8/h5-7H,4H2,1-3H3. The van der Waals surface area contributed by atoms with E-state index in [1.165, 1.54) is 0 Å². The van der Waals surface area contributed by atoms with Gasteiger partial charge in [0.25, 0.3) is 6.47 Å². The Balaban J connectivity index is 3.24. The summed E-state index contributed by atoms with van der Waals surface area (Å²) < 4.78 is 9.76. The molecule has 0 aliphatic rings. The van der Waals surface area contributed by atoms with E-state index in [4.69, 9.17) is 4.74 Å². The van der Waals surface area contributed by atoms with Gasteiger partial charge in [-0.1, -0.05) is 0 Å². The largest absolute Gasteiger partial charge is 0.465 e. The molecule has 1 atom stereocenters. The van der Waals surface area contributed by atoms with Crippen molar-refractivity contribution in [3.05, 3.63) is 0 Å². The van der Waals surface area contributed by atoms with E-state index in [-0.39, 0.29) is 12.2 Å². The van der Waals surface area contributed by atoms with Crippen LogP contribution in [0.25, 0.3) is 0 Å². The van der Waals surface area contributed by atoms with Gasteiger partial charge in [0, 0.05) is 0 Å². The highest BCUT2D eigenvalue weighted by Crippen LogP contribution is 1.96. The summed E-state index contributed by atoms with van der Waals surface area (Å²) in [5, 5.41) is 0. The fourth-order valence-electron chi connectivity index (χ4n) is 0.679. The van der Waals surface area contributed by atoms with Gasteiger partial charge in [0.05, 0.1) is 12.2 Å². The smallest absolute Gasteiger partial charge is 0.293 e. The highest BCUT2D eigenvalue weighted by molar-refractivity contribution is 5.36. The number of hydrogen-bond donors (Lipinski definition) is 0. The SMILES string of the molecule is CC(C)OC(C)COC=O. The van der Waals surface area contributed by atoms with Gasteiger partial charge >= 0.3 is 0 Å². The number of hydrogen-bond acceptors (Lipinski definition) is 3. The van der Waals surface area contributed by atoms with Gasteiger partial charge in [0.15, 0.2) is 0 Å². The van der Waals surface area contributed by atoms with Crippen molar-refractivity contribution in [2.45, 2.75) is 33.0 Å². The van der Waals surface area contributed by atoms with E-state index >= 15 is 0 Å². The number of ether oxygens (including phenoxy) is 2. The zero-order valence-electron chi connectivity index (χ0n) is 6.66. The Labute approximate surface area is 61.3 Å². The molecule has 0 N–H and O–H groups in total. The molecule has 0 saturated carbocycles. The summed E-state index contributed by atoms with van der Waals surface area (Å²) in [7, 11) is 0. The highest BCUT2D eigenvalue weighted by atomic mass is 16.6. The molecule has 3 heteroatoms. The highest BCUT2D eigenvalue weighted by Gasteiger charge is 2.03. The predicted molar refractivity (Wildman–Crippen MR) is 37.7 cm³/mol. The average molecular weight is 146 g/mol. The van der Waals surface area contributed by atoms with Crippen LogP contribution in [0.3, 0.4) is 0 Å². The van der Waals surface area contributed by atoms with Gasteiger partial charge in [-0.15, -0.1) is 0 Å². The molecule has 0 bridgehead atoms. The Hall–Kier alpha value is -0.570. The van der Waals surface area contributed by atoms with Crippen LogP contribution in [-0.4, -0.2) is 25.3 Å². The first-order valence-electron chi connectivity index (χ1n) is 3.37. The molecule has 3 nitrogen and oxygen atoms in total. The average Bonchev–Trinajstić information content (AvgIpc) is 1.82. The van der Waals surface area contributed by atoms with Gasteiger partial charge in [-0.2, -0.15) is 0 Å². The third-order valence-corrected chi connectivity index (χ3v) is 0.903. The quantitative estimate of drug-likeness (QED) is 0.542. The molecule has 0 aromatic rings. The zero-order chi connectivity index (χ0) is 7.98. The molecule has 0 amide bonds. The van der Waals surface area contributed by atoms with E-state index in [0.717, 1.165) is 0 Å². The number of rotatable bonds is 5. The Morgan fingerprint density at radius 2 is 2.00 bits per heavy atom. The summed E-state index contributed by atoms with van der Waals surface area (Å²) in [6.45, 7) is 6.51. The zero-order valence-corrected chi connectivity index (χ0v) is 6.66. The predicted octanol–water partition coefficient (Wildman–Crippen LogP) is 0.973. The van der Waals surface area contributed by atoms with Gasteiger partial charge < -0.3 is 9.47 Å². The molecule has 0 rings (SSSR count). The summed E-state index contributed by atoms with van der Waals surface area (Å²) in [4.78, 5) is 9.72. The lowest BCUT2D eigenvalue weighted by Gasteiger charge is -2.14. The van der Waals surface area contributed by atoms with Gasteiger partial charge in [0.2, 0.25) is 0 Å². The van der Waals surface area contributed by atoms with Crippen LogP contribution in [0.5, 0.6) is 0 Å². The van der Waals surface area contributed by atoms with Crippen LogP contribution in [0.1, 0.15) is 20.8 Å². The van der Waals surface area contributed by atoms with Crippen molar-refractivity contribution >= 4 is 6.47 Å². The minimum absolute atomic E-state index is 0.00907. The molecule has 0 aromatic carbocycles. The Morgan fingerprint density at radius 3 is 2.40 bits per heavy atom. The lowest BCUT2D eigenvalue weighted by molar-refractivity contribution is -0.133. The fourth-order valence-corrected chi connectivity index (χ4v) is 0.679. The molecule has 0 heterocycles. The van der Waals surface area contributed by atoms with Crippen molar-refractivity contribution in [2.24, 2.45) is 0 Å². The van der Waals surface area contributed by atoms with Gasteiger partial charge in [-0.3, -0.25) is 4.79 Å². The molecular formula is C7H14O3. The molecule has 10 heavy (non-hydrogen) atoms. The van der Waals surface area contributed by atoms with E-state index in [1.54, 1.807) is 0 Å². The second-order valence-electron chi connectivity index (χ2n) is 2.43. The van der Waals surface area contributed by atoms with Crippen LogP contribution in [0.15, 0.2) is 0 Å². The minimum Gasteiger partial charge on any atom is -0.465 e. The Morgan fingerprint density at radius 1 is 1.40 bits per heavy atom. The lowest BCUT2D eigenvalue weighted by Crippen LogP contribution is -2.19. The van der Waals surface area contributed by atoms with E-state index < -0.39 is 0 Å². The first-order chi connectivity index (χ1) is 4.66. The normalized spacial score (nSPS) is 13.2. The Bertz CT molecular complexity index is 90.9. The molecule has 0 aliphatic heterocycles. The van der Waals surface area contributed by atoms with E-state index in [9.17, 15) is 4.79 Å². The maximum absolute atomic E-state index is 9.72. The summed E-state index contributed by atoms with van der Waals surface area (Å²) in [6, 6.07) is 0. The van der Waals surface area contributed by atoms with Crippen LogP contribution >= 0.6 is 0 Å². The van der Waals surface area contributed by atoms with E-state index in [0.29, 0.717) is 13.1 Å². The maximum atomic E-state index is 9.72. The van der Waals surface area contributed by atoms with Crippen molar-refractivity contribution in [3.8, 4) is 0 Å². The van der Waals surface area contributed by atoms with Crippen molar-refractivity contribution < 1.29 is 14.3 Å². The topological polar surface area (TPSA) is 35.5 Å². The lowest BCUT2D eigenvalue weighted by atomic mass is 10.4. The van der Waals surface area contributed by atoms with Crippen LogP contribution < -0.4 is 0 Å². The van der Waals surface area contributed by atoms with Gasteiger partial charge in [0.1, 0.15) is 6.61 Å². The van der Waals surface area contributed by atoms with Gasteiger partial charge in [-0.05, 0) is 20.8 Å². The summed E-state index contributed by atoms with van der Waals surface area (Å²) >= 11 is 0.